The summed E-state index contributed by atoms with van der Waals surface area (Å²) in [5, 5.41) is 14.3. The number of aromatic nitrogens is 4. The third-order valence-electron chi connectivity index (χ3n) is 7.99. The molecular formula is C28H34N6O. The summed E-state index contributed by atoms with van der Waals surface area (Å²) in [6.45, 7) is 6.05. The van der Waals surface area contributed by atoms with Gasteiger partial charge < -0.3 is 10.0 Å². The summed E-state index contributed by atoms with van der Waals surface area (Å²) in [5.41, 5.74) is 7.43. The van der Waals surface area contributed by atoms with Crippen LogP contribution in [0.1, 0.15) is 49.7 Å². The second kappa shape index (κ2) is 9.21. The lowest BCUT2D eigenvalue weighted by Crippen LogP contribution is -2.46. The quantitative estimate of drug-likeness (QED) is 0.413. The van der Waals surface area contributed by atoms with Gasteiger partial charge in [-0.2, -0.15) is 0 Å². The number of fused-ring (bicyclic) bond motifs is 2. The number of aryl methyl sites for hydroxylation is 2. The van der Waals surface area contributed by atoms with Crippen molar-refractivity contribution in [1.29, 1.82) is 0 Å². The van der Waals surface area contributed by atoms with E-state index in [9.17, 15) is 5.11 Å². The maximum absolute atomic E-state index is 10.8. The average Bonchev–Trinajstić information content (AvgIpc) is 3.52. The first-order chi connectivity index (χ1) is 17.1. The molecule has 7 nitrogen and oxygen atoms in total. The van der Waals surface area contributed by atoms with Gasteiger partial charge in [-0.25, -0.2) is 4.98 Å². The first-order valence-corrected chi connectivity index (χ1v) is 13.0. The highest BCUT2D eigenvalue weighted by molar-refractivity contribution is 5.85. The maximum Gasteiger partial charge on any atom is 0.211 e. The number of nitrogens with zero attached hydrogens (tertiary/aromatic N) is 5. The van der Waals surface area contributed by atoms with Gasteiger partial charge in [-0.3, -0.25) is 19.9 Å². The fourth-order valence-corrected chi connectivity index (χ4v) is 5.76. The highest BCUT2D eigenvalue weighted by Crippen LogP contribution is 2.33. The molecule has 6 rings (SSSR count). The number of piperidine rings is 1. The zero-order chi connectivity index (χ0) is 23.9. The Labute approximate surface area is 206 Å². The van der Waals surface area contributed by atoms with Crippen molar-refractivity contribution >= 4 is 28.0 Å². The van der Waals surface area contributed by atoms with Crippen LogP contribution in [-0.2, 0) is 0 Å². The van der Waals surface area contributed by atoms with Gasteiger partial charge >= 0.3 is 0 Å². The van der Waals surface area contributed by atoms with E-state index < -0.39 is 6.23 Å². The largest absolute Gasteiger partial charge is 0.378 e. The molecule has 3 heterocycles. The molecule has 182 valence electrons. The summed E-state index contributed by atoms with van der Waals surface area (Å²) in [6.07, 6.45) is 9.88. The number of hydrogen-bond donors (Lipinski definition) is 2. The molecule has 2 aromatic heterocycles. The minimum Gasteiger partial charge on any atom is -0.378 e. The van der Waals surface area contributed by atoms with Crippen LogP contribution in [0.2, 0.25) is 0 Å². The minimum atomic E-state index is -0.413. The summed E-state index contributed by atoms with van der Waals surface area (Å²) in [6, 6.07) is 11.2. The van der Waals surface area contributed by atoms with Gasteiger partial charge in [0.2, 0.25) is 5.95 Å². The number of hydrogen-bond acceptors (Lipinski definition) is 6. The number of anilines is 1. The van der Waals surface area contributed by atoms with Crippen LogP contribution in [0.4, 0.5) is 5.95 Å². The smallest absolute Gasteiger partial charge is 0.211 e. The summed E-state index contributed by atoms with van der Waals surface area (Å²) in [5.74, 6) is 1.25. The fourth-order valence-electron chi connectivity index (χ4n) is 5.76. The molecule has 1 aliphatic carbocycles. The third-order valence-corrected chi connectivity index (χ3v) is 7.99. The van der Waals surface area contributed by atoms with Gasteiger partial charge in [-0.05, 0) is 81.0 Å². The van der Waals surface area contributed by atoms with E-state index >= 15 is 0 Å². The Hall–Kier alpha value is -3.03. The Balaban J connectivity index is 1.32. The molecule has 4 aromatic rings. The number of benzene rings is 2. The number of rotatable bonds is 5. The second-order valence-electron chi connectivity index (χ2n) is 10.3. The molecule has 1 saturated heterocycles. The topological polar surface area (TPSA) is 79.1 Å². The van der Waals surface area contributed by atoms with E-state index in [0.717, 1.165) is 59.6 Å². The standard InChI is InChI=1S/C28H34N6O/c1-18-15-25-26(16-19(18)2)34(22-7-8-23-24(17-22)30-12-11-29-23)28(32-25)33-13-9-20(10-14-33)27(35)31-21-5-3-4-6-21/h7-8,11-12,15-17,20-21,27,31,35H,3-6,9-10,13-14H2,1-2H3. The second-order valence-corrected chi connectivity index (χ2v) is 10.3. The van der Waals surface area contributed by atoms with Crippen LogP contribution >= 0.6 is 0 Å². The van der Waals surface area contributed by atoms with E-state index in [1.807, 2.05) is 6.07 Å². The van der Waals surface area contributed by atoms with Crippen molar-refractivity contribution in [2.75, 3.05) is 18.0 Å². The summed E-state index contributed by atoms with van der Waals surface area (Å²) in [7, 11) is 0. The minimum absolute atomic E-state index is 0.283. The molecule has 1 atom stereocenters. The maximum atomic E-state index is 10.8. The van der Waals surface area contributed by atoms with Gasteiger partial charge in [0.25, 0.3) is 0 Å². The van der Waals surface area contributed by atoms with Gasteiger partial charge in [-0.1, -0.05) is 12.8 Å². The van der Waals surface area contributed by atoms with Crippen LogP contribution in [0.15, 0.2) is 42.7 Å². The predicted octanol–water partition coefficient (Wildman–Crippen LogP) is 4.65. The fraction of sp³-hybridized carbons (Fsp3) is 0.464. The predicted molar refractivity (Wildman–Crippen MR) is 140 cm³/mol. The molecule has 2 aromatic carbocycles. The average molecular weight is 471 g/mol. The summed E-state index contributed by atoms with van der Waals surface area (Å²) >= 11 is 0. The van der Waals surface area contributed by atoms with Crippen molar-refractivity contribution in [1.82, 2.24) is 24.8 Å². The Kier molecular flexibility index (Phi) is 5.90. The van der Waals surface area contributed by atoms with Crippen molar-refractivity contribution in [2.24, 2.45) is 5.92 Å². The molecule has 35 heavy (non-hydrogen) atoms. The van der Waals surface area contributed by atoms with E-state index in [4.69, 9.17) is 4.98 Å². The normalized spacial score (nSPS) is 18.7. The molecule has 0 radical (unpaired) electrons. The lowest BCUT2D eigenvalue weighted by Gasteiger charge is -2.36. The first kappa shape index (κ1) is 22.4. The number of aliphatic hydroxyl groups excluding tert-OH is 1. The van der Waals surface area contributed by atoms with Crippen LogP contribution in [0, 0.1) is 19.8 Å². The molecular weight excluding hydrogens is 436 g/mol. The van der Waals surface area contributed by atoms with Crippen molar-refractivity contribution in [2.45, 2.75) is 64.6 Å². The van der Waals surface area contributed by atoms with Gasteiger partial charge in [-0.15, -0.1) is 0 Å². The van der Waals surface area contributed by atoms with Crippen LogP contribution in [0.3, 0.4) is 0 Å². The highest BCUT2D eigenvalue weighted by atomic mass is 16.3. The number of imidazole rings is 1. The molecule has 7 heteroatoms. The van der Waals surface area contributed by atoms with Crippen LogP contribution in [-0.4, -0.2) is 50.0 Å². The molecule has 2 N–H and O–H groups in total. The van der Waals surface area contributed by atoms with Crippen LogP contribution in [0.5, 0.6) is 0 Å². The van der Waals surface area contributed by atoms with E-state index in [1.54, 1.807) is 12.4 Å². The van der Waals surface area contributed by atoms with Gasteiger partial charge in [0.05, 0.1) is 27.8 Å². The SMILES string of the molecule is Cc1cc2nc(N3CCC(C(O)NC4CCCC4)CC3)n(-c3ccc4nccnc4c3)c2cc1C. The van der Waals surface area contributed by atoms with Crippen molar-refractivity contribution in [3.05, 3.63) is 53.9 Å². The van der Waals surface area contributed by atoms with Gasteiger partial charge in [0, 0.05) is 37.4 Å². The van der Waals surface area contributed by atoms with Gasteiger partial charge in [0.15, 0.2) is 0 Å². The van der Waals surface area contributed by atoms with Crippen molar-refractivity contribution in [3.8, 4) is 5.69 Å². The molecule has 1 aliphatic heterocycles. The Morgan fingerprint density at radius 3 is 2.37 bits per heavy atom. The molecule has 0 bridgehead atoms. The molecule has 2 aliphatic rings. The van der Waals surface area contributed by atoms with E-state index in [2.05, 4.69) is 62.9 Å². The Morgan fingerprint density at radius 2 is 1.60 bits per heavy atom. The Morgan fingerprint density at radius 1 is 0.886 bits per heavy atom. The van der Waals surface area contributed by atoms with E-state index in [-0.39, 0.29) is 5.92 Å². The van der Waals surface area contributed by atoms with E-state index in [0.29, 0.717) is 6.04 Å². The number of aliphatic hydroxyl groups is 1. The monoisotopic (exact) mass is 470 g/mol. The summed E-state index contributed by atoms with van der Waals surface area (Å²) < 4.78 is 2.27. The van der Waals surface area contributed by atoms with Gasteiger partial charge in [0.1, 0.15) is 6.23 Å². The van der Waals surface area contributed by atoms with Crippen molar-refractivity contribution < 1.29 is 5.11 Å². The first-order valence-electron chi connectivity index (χ1n) is 13.0. The molecule has 1 unspecified atom stereocenters. The van der Waals surface area contributed by atoms with Crippen LogP contribution < -0.4 is 10.2 Å². The molecule has 1 saturated carbocycles. The third kappa shape index (κ3) is 4.28. The lowest BCUT2D eigenvalue weighted by atomic mass is 9.94. The van der Waals surface area contributed by atoms with Crippen molar-refractivity contribution in [3.63, 3.8) is 0 Å². The zero-order valence-corrected chi connectivity index (χ0v) is 20.6. The molecule has 0 amide bonds. The number of nitrogens with one attached hydrogen (secondary N) is 1. The zero-order valence-electron chi connectivity index (χ0n) is 20.6. The highest BCUT2D eigenvalue weighted by Gasteiger charge is 2.30. The molecule has 2 fully saturated rings. The molecule has 0 spiro atoms. The summed E-state index contributed by atoms with van der Waals surface area (Å²) in [4.78, 5) is 16.5. The lowest BCUT2D eigenvalue weighted by molar-refractivity contribution is 0.0513. The van der Waals surface area contributed by atoms with E-state index in [1.165, 1.54) is 36.8 Å². The Bertz CT molecular complexity index is 1350. The van der Waals surface area contributed by atoms with Crippen LogP contribution in [0.25, 0.3) is 27.8 Å².